The summed E-state index contributed by atoms with van der Waals surface area (Å²) < 4.78 is 18.7. The first kappa shape index (κ1) is 21.9. The molecule has 0 aliphatic carbocycles. The molecule has 0 radical (unpaired) electrons. The molecule has 0 bridgehead atoms. The summed E-state index contributed by atoms with van der Waals surface area (Å²) in [6.45, 7) is 9.81. The summed E-state index contributed by atoms with van der Waals surface area (Å²) in [5, 5.41) is 10.8. The quantitative estimate of drug-likeness (QED) is 0.240. The Kier molecular flexibility index (Phi) is 10.0. The molecule has 25 heavy (non-hydrogen) atoms. The average Bonchev–Trinajstić information content (AvgIpc) is 2.92. The van der Waals surface area contributed by atoms with Crippen molar-refractivity contribution in [2.45, 2.75) is 51.7 Å². The van der Waals surface area contributed by atoms with Crippen molar-refractivity contribution in [3.63, 3.8) is 0 Å². The predicted molar refractivity (Wildman–Crippen MR) is 98.9 cm³/mol. The van der Waals surface area contributed by atoms with Gasteiger partial charge in [0.2, 0.25) is 5.16 Å². The Balaban J connectivity index is 2.43. The highest BCUT2D eigenvalue weighted by molar-refractivity contribution is 8.13. The smallest absolute Gasteiger partial charge is 0.374 e. The van der Waals surface area contributed by atoms with Crippen LogP contribution < -0.4 is 11.2 Å². The Morgan fingerprint density at radius 3 is 2.24 bits per heavy atom. The number of nitrogens with one attached hydrogen (secondary N) is 1. The van der Waals surface area contributed by atoms with Crippen molar-refractivity contribution in [1.29, 1.82) is 0 Å². The second kappa shape index (κ2) is 11.5. The number of nitrogens with two attached hydrogens (primary N) is 1. The third kappa shape index (κ3) is 6.94. The second-order valence-electron chi connectivity index (χ2n) is 5.02. The minimum Gasteiger partial charge on any atom is -0.374 e. The van der Waals surface area contributed by atoms with Gasteiger partial charge in [-0.2, -0.15) is 0 Å². The lowest BCUT2D eigenvalue weighted by molar-refractivity contribution is 0.0708. The van der Waals surface area contributed by atoms with E-state index in [1.165, 1.54) is 4.68 Å². The van der Waals surface area contributed by atoms with Gasteiger partial charge in [-0.15, -0.1) is 10.2 Å². The number of hydrogen-bond donors (Lipinski definition) is 2. The number of aryl methyl sites for hydroxylation is 1. The summed E-state index contributed by atoms with van der Waals surface area (Å²) in [5.41, 5.74) is 0. The lowest BCUT2D eigenvalue weighted by Crippen LogP contribution is -2.46. The van der Waals surface area contributed by atoms with E-state index in [-0.39, 0.29) is 5.24 Å². The van der Waals surface area contributed by atoms with Crippen LogP contribution in [0.25, 0.3) is 0 Å². The van der Waals surface area contributed by atoms with Crippen LogP contribution in [0.5, 0.6) is 0 Å². The summed E-state index contributed by atoms with van der Waals surface area (Å²) >= 11 is 0.927. The van der Waals surface area contributed by atoms with E-state index >= 15 is 0 Å². The van der Waals surface area contributed by atoms with Crippen LogP contribution in [0, 0.1) is 0 Å². The van der Waals surface area contributed by atoms with Crippen LogP contribution in [0.15, 0.2) is 5.16 Å². The molecule has 0 saturated heterocycles. The molecule has 0 fully saturated rings. The monoisotopic (exact) mass is 391 g/mol. The molecule has 1 aromatic rings. The number of nitrogens with zero attached hydrogens (tertiary/aromatic N) is 3. The van der Waals surface area contributed by atoms with E-state index in [2.05, 4.69) is 15.5 Å². The van der Waals surface area contributed by atoms with E-state index in [1.54, 1.807) is 0 Å². The molecule has 0 aromatic carbocycles. The van der Waals surface area contributed by atoms with Crippen molar-refractivity contribution >= 4 is 25.8 Å². The molecule has 0 aliphatic heterocycles. The number of aromatic nitrogens is 3. The number of carbonyl (C=O) groups is 1. The second-order valence-corrected chi connectivity index (χ2v) is 8.70. The van der Waals surface area contributed by atoms with Gasteiger partial charge in [0.1, 0.15) is 0 Å². The zero-order valence-corrected chi connectivity index (χ0v) is 17.2. The Bertz CT molecular complexity index is 514. The van der Waals surface area contributed by atoms with Crippen LogP contribution >= 0.6 is 11.8 Å². The van der Waals surface area contributed by atoms with Gasteiger partial charge in [0.15, 0.2) is 5.82 Å². The van der Waals surface area contributed by atoms with Crippen LogP contribution in [0.2, 0.25) is 6.04 Å². The molecule has 0 unspecified atom stereocenters. The van der Waals surface area contributed by atoms with Gasteiger partial charge in [-0.05, 0) is 27.2 Å². The molecule has 11 heteroatoms. The zero-order chi connectivity index (χ0) is 18.7. The Morgan fingerprint density at radius 2 is 1.76 bits per heavy atom. The molecule has 0 saturated carbocycles. The highest BCUT2D eigenvalue weighted by atomic mass is 32.2. The van der Waals surface area contributed by atoms with Gasteiger partial charge in [-0.25, -0.2) is 4.68 Å². The van der Waals surface area contributed by atoms with Gasteiger partial charge in [-0.3, -0.25) is 4.79 Å². The molecule has 1 aromatic heterocycles. The number of thioether (sulfide) groups is 1. The number of hydrogen-bond acceptors (Lipinski definition) is 8. The number of carbonyl (C=O) groups excluding carboxylic acids is 1. The van der Waals surface area contributed by atoms with Crippen molar-refractivity contribution in [3.05, 3.63) is 5.82 Å². The molecule has 1 heterocycles. The van der Waals surface area contributed by atoms with Crippen molar-refractivity contribution in [2.75, 3.05) is 32.2 Å². The third-order valence-corrected chi connectivity index (χ3v) is 7.20. The van der Waals surface area contributed by atoms with E-state index in [4.69, 9.17) is 19.1 Å². The first-order valence-electron chi connectivity index (χ1n) is 8.58. The highest BCUT2D eigenvalue weighted by Crippen LogP contribution is 2.19. The molecular weight excluding hydrogens is 362 g/mol. The average molecular weight is 392 g/mol. The standard InChI is InChI=1S/C14H29N5O4SSi/c1-5-12-17-18-13(19(12)15)24-14(20)16-10-9-11-25(21-6-2,22-7-3)23-8-4/h5-11,15H2,1-4H3,(H,16,20). The SMILES string of the molecule is CCO[Si](CCCNC(=O)Sc1nnc(CC)n1N)(OCC)OCC. The fourth-order valence-corrected chi connectivity index (χ4v) is 5.47. The molecule has 9 nitrogen and oxygen atoms in total. The first-order valence-corrected chi connectivity index (χ1v) is 11.3. The molecule has 3 N–H and O–H groups in total. The molecule has 0 spiro atoms. The Hall–Kier alpha value is -1.14. The summed E-state index contributed by atoms with van der Waals surface area (Å²) in [7, 11) is -2.66. The first-order chi connectivity index (χ1) is 12.0. The van der Waals surface area contributed by atoms with E-state index < -0.39 is 8.80 Å². The van der Waals surface area contributed by atoms with E-state index in [9.17, 15) is 4.79 Å². The molecular formula is C14H29N5O4SSi. The maximum atomic E-state index is 12.0. The van der Waals surface area contributed by atoms with Crippen LogP contribution in [0.1, 0.15) is 39.9 Å². The van der Waals surface area contributed by atoms with Crippen LogP contribution in [-0.2, 0) is 19.7 Å². The summed E-state index contributed by atoms with van der Waals surface area (Å²) in [6, 6.07) is 0.653. The Labute approximate surface area is 154 Å². The summed E-state index contributed by atoms with van der Waals surface area (Å²) in [5.74, 6) is 6.46. The topological polar surface area (TPSA) is 114 Å². The fraction of sp³-hybridized carbons (Fsp3) is 0.786. The van der Waals surface area contributed by atoms with Crippen molar-refractivity contribution in [2.24, 2.45) is 0 Å². The van der Waals surface area contributed by atoms with Gasteiger partial charge in [0.25, 0.3) is 5.24 Å². The Morgan fingerprint density at radius 1 is 1.16 bits per heavy atom. The van der Waals surface area contributed by atoms with E-state index in [0.717, 1.165) is 11.8 Å². The van der Waals surface area contributed by atoms with E-state index in [0.29, 0.717) is 56.2 Å². The minimum atomic E-state index is -2.66. The number of nitrogen functional groups attached to an aromatic ring is 1. The highest BCUT2D eigenvalue weighted by Gasteiger charge is 2.39. The predicted octanol–water partition coefficient (Wildman–Crippen LogP) is 1.79. The lowest BCUT2D eigenvalue weighted by Gasteiger charge is -2.28. The summed E-state index contributed by atoms with van der Waals surface area (Å²) in [6.07, 6.45) is 1.36. The van der Waals surface area contributed by atoms with Crippen molar-refractivity contribution in [1.82, 2.24) is 20.2 Å². The molecule has 144 valence electrons. The third-order valence-electron chi connectivity index (χ3n) is 3.26. The van der Waals surface area contributed by atoms with E-state index in [1.807, 2.05) is 27.7 Å². The number of rotatable bonds is 12. The van der Waals surface area contributed by atoms with Crippen molar-refractivity contribution in [3.8, 4) is 0 Å². The largest absolute Gasteiger partial charge is 0.500 e. The number of amides is 1. The lowest BCUT2D eigenvalue weighted by atomic mass is 10.5. The molecule has 0 atom stereocenters. The fourth-order valence-electron chi connectivity index (χ4n) is 2.23. The van der Waals surface area contributed by atoms with Gasteiger partial charge >= 0.3 is 8.80 Å². The van der Waals surface area contributed by atoms with Gasteiger partial charge in [-0.1, -0.05) is 6.92 Å². The van der Waals surface area contributed by atoms with Crippen LogP contribution in [0.3, 0.4) is 0 Å². The van der Waals surface area contributed by atoms with Crippen LogP contribution in [0.4, 0.5) is 4.79 Å². The summed E-state index contributed by atoms with van der Waals surface area (Å²) in [4.78, 5) is 12.0. The van der Waals surface area contributed by atoms with Gasteiger partial charge in [0, 0.05) is 50.6 Å². The molecule has 1 amide bonds. The van der Waals surface area contributed by atoms with Crippen molar-refractivity contribution < 1.29 is 18.1 Å². The maximum Gasteiger partial charge on any atom is 0.500 e. The molecule has 1 rings (SSSR count). The minimum absolute atomic E-state index is 0.224. The van der Waals surface area contributed by atoms with Gasteiger partial charge in [0.05, 0.1) is 0 Å². The van der Waals surface area contributed by atoms with Gasteiger partial charge < -0.3 is 24.4 Å². The van der Waals surface area contributed by atoms with Crippen LogP contribution in [-0.4, -0.2) is 55.3 Å². The zero-order valence-electron chi connectivity index (χ0n) is 15.4. The normalized spacial score (nSPS) is 11.7. The molecule has 0 aliphatic rings. The maximum absolute atomic E-state index is 12.0.